The minimum absolute atomic E-state index is 0.0423. The number of carbonyl (C=O) groups excluding carboxylic acids is 1. The van der Waals surface area contributed by atoms with Gasteiger partial charge in [0.05, 0.1) is 11.1 Å². The van der Waals surface area contributed by atoms with Gasteiger partial charge < -0.3 is 18.6 Å². The van der Waals surface area contributed by atoms with E-state index in [0.29, 0.717) is 48.4 Å². The van der Waals surface area contributed by atoms with Crippen LogP contribution in [-0.2, 0) is 4.79 Å². The number of furan rings is 1. The minimum Gasteiger partial charge on any atom is -0.459 e. The molecule has 33 heavy (non-hydrogen) atoms. The van der Waals surface area contributed by atoms with E-state index in [-0.39, 0.29) is 17.5 Å². The Morgan fingerprint density at radius 1 is 1.30 bits per heavy atom. The Balaban J connectivity index is 1.31. The standard InChI is InChI=1S/C21H19N7O3S2/c1-13(28-17(24-25-21(28)32)16-5-3-11-33-16)19(29)26-6-8-27(9-7-26)20-14(12-22)23-18(31-20)15-4-2-10-30-15/h2-5,10-11,13H,6-9H2,1H3,(H,25,32). The molecule has 5 heterocycles. The van der Waals surface area contributed by atoms with Gasteiger partial charge in [-0.2, -0.15) is 15.3 Å². The second-order valence-electron chi connectivity index (χ2n) is 7.45. The number of hydrogen-bond acceptors (Lipinski definition) is 9. The van der Waals surface area contributed by atoms with Crippen LogP contribution in [0.1, 0.15) is 18.7 Å². The summed E-state index contributed by atoms with van der Waals surface area (Å²) in [5.74, 6) is 1.72. The number of anilines is 1. The zero-order chi connectivity index (χ0) is 22.9. The molecule has 4 aromatic rings. The highest BCUT2D eigenvalue weighted by molar-refractivity contribution is 7.71. The van der Waals surface area contributed by atoms with Crippen LogP contribution >= 0.6 is 23.6 Å². The molecule has 1 amide bonds. The molecule has 4 aromatic heterocycles. The molecule has 1 aliphatic heterocycles. The lowest BCUT2D eigenvalue weighted by atomic mass is 10.2. The van der Waals surface area contributed by atoms with Gasteiger partial charge in [-0.25, -0.2) is 0 Å². The number of oxazole rings is 1. The van der Waals surface area contributed by atoms with Crippen LogP contribution in [0.2, 0.25) is 0 Å². The summed E-state index contributed by atoms with van der Waals surface area (Å²) in [6, 6.07) is 8.90. The van der Waals surface area contributed by atoms with Crippen LogP contribution in [0.15, 0.2) is 44.7 Å². The first-order valence-corrected chi connectivity index (χ1v) is 11.5. The van der Waals surface area contributed by atoms with Gasteiger partial charge in [0.1, 0.15) is 12.1 Å². The molecule has 0 aliphatic carbocycles. The predicted molar refractivity (Wildman–Crippen MR) is 123 cm³/mol. The molecule has 12 heteroatoms. The fourth-order valence-electron chi connectivity index (χ4n) is 3.85. The van der Waals surface area contributed by atoms with Crippen LogP contribution in [-0.4, -0.2) is 56.7 Å². The number of carbonyl (C=O) groups is 1. The molecule has 1 N–H and O–H groups in total. The van der Waals surface area contributed by atoms with Crippen LogP contribution in [0.25, 0.3) is 22.4 Å². The van der Waals surface area contributed by atoms with Gasteiger partial charge >= 0.3 is 0 Å². The number of aromatic nitrogens is 4. The van der Waals surface area contributed by atoms with Crippen LogP contribution in [0.3, 0.4) is 0 Å². The van der Waals surface area contributed by atoms with Crippen LogP contribution in [0.5, 0.6) is 0 Å². The summed E-state index contributed by atoms with van der Waals surface area (Å²) >= 11 is 6.94. The number of nitrogens with zero attached hydrogens (tertiary/aromatic N) is 6. The maximum Gasteiger partial charge on any atom is 0.266 e. The van der Waals surface area contributed by atoms with Gasteiger partial charge in [-0.15, -0.1) is 11.3 Å². The topological polar surface area (TPSA) is 120 Å². The van der Waals surface area contributed by atoms with Gasteiger partial charge in [0, 0.05) is 26.2 Å². The van der Waals surface area contributed by atoms with E-state index in [0.717, 1.165) is 4.88 Å². The van der Waals surface area contributed by atoms with Gasteiger partial charge in [-0.3, -0.25) is 14.5 Å². The number of piperazine rings is 1. The Labute approximate surface area is 197 Å². The monoisotopic (exact) mass is 481 g/mol. The number of aromatic amines is 1. The quantitative estimate of drug-likeness (QED) is 0.429. The third-order valence-corrected chi connectivity index (χ3v) is 6.67. The highest BCUT2D eigenvalue weighted by Gasteiger charge is 2.30. The van der Waals surface area contributed by atoms with Crippen molar-refractivity contribution in [1.29, 1.82) is 5.26 Å². The molecule has 0 aromatic carbocycles. The zero-order valence-corrected chi connectivity index (χ0v) is 19.2. The number of rotatable bonds is 5. The van der Waals surface area contributed by atoms with Crippen molar-refractivity contribution in [2.75, 3.05) is 31.1 Å². The number of nitriles is 1. The van der Waals surface area contributed by atoms with E-state index in [2.05, 4.69) is 21.3 Å². The average molecular weight is 482 g/mol. The Hall–Kier alpha value is -3.69. The number of nitrogens with one attached hydrogen (secondary N) is 1. The molecule has 1 fully saturated rings. The summed E-state index contributed by atoms with van der Waals surface area (Å²) < 4.78 is 13.3. The lowest BCUT2D eigenvalue weighted by molar-refractivity contribution is -0.134. The first-order chi connectivity index (χ1) is 16.1. The highest BCUT2D eigenvalue weighted by atomic mass is 32.1. The predicted octanol–water partition coefficient (Wildman–Crippen LogP) is 3.70. The second-order valence-corrected chi connectivity index (χ2v) is 8.78. The number of H-pyrrole nitrogens is 1. The Kier molecular flexibility index (Phi) is 5.57. The van der Waals surface area contributed by atoms with E-state index >= 15 is 0 Å². The number of thiophene rings is 1. The molecule has 0 saturated carbocycles. The van der Waals surface area contributed by atoms with Crippen molar-refractivity contribution in [3.05, 3.63) is 46.4 Å². The van der Waals surface area contributed by atoms with E-state index in [9.17, 15) is 10.1 Å². The molecule has 0 spiro atoms. The molecule has 168 valence electrons. The van der Waals surface area contributed by atoms with Crippen molar-refractivity contribution in [2.24, 2.45) is 0 Å². The fraction of sp³-hybridized carbons (Fsp3) is 0.286. The summed E-state index contributed by atoms with van der Waals surface area (Å²) in [5, 5.41) is 18.6. The van der Waals surface area contributed by atoms with Crippen LogP contribution in [0, 0.1) is 16.1 Å². The summed E-state index contributed by atoms with van der Waals surface area (Å²) in [4.78, 5) is 22.2. The maximum absolute atomic E-state index is 13.3. The second kappa shape index (κ2) is 8.68. The molecule has 10 nitrogen and oxygen atoms in total. The molecule has 1 aliphatic rings. The van der Waals surface area contributed by atoms with Crippen molar-refractivity contribution < 1.29 is 13.6 Å². The van der Waals surface area contributed by atoms with Gasteiger partial charge in [-0.05, 0) is 42.7 Å². The van der Waals surface area contributed by atoms with E-state index in [1.54, 1.807) is 21.6 Å². The van der Waals surface area contributed by atoms with Crippen LogP contribution in [0.4, 0.5) is 5.88 Å². The third-order valence-electron chi connectivity index (χ3n) is 5.52. The molecular weight excluding hydrogens is 462 g/mol. The normalized spacial score (nSPS) is 14.9. The van der Waals surface area contributed by atoms with Crippen molar-refractivity contribution in [1.82, 2.24) is 24.6 Å². The van der Waals surface area contributed by atoms with E-state index in [1.165, 1.54) is 17.6 Å². The third kappa shape index (κ3) is 3.85. The smallest absolute Gasteiger partial charge is 0.266 e. The number of amides is 1. The first-order valence-electron chi connectivity index (χ1n) is 10.3. The van der Waals surface area contributed by atoms with E-state index in [1.807, 2.05) is 29.3 Å². The summed E-state index contributed by atoms with van der Waals surface area (Å²) in [7, 11) is 0. The van der Waals surface area contributed by atoms with Crippen molar-refractivity contribution in [3.8, 4) is 28.4 Å². The Morgan fingerprint density at radius 2 is 2.12 bits per heavy atom. The van der Waals surface area contributed by atoms with Gasteiger partial charge in [0.25, 0.3) is 5.89 Å². The van der Waals surface area contributed by atoms with E-state index in [4.69, 9.17) is 21.1 Å². The molecule has 1 atom stereocenters. The van der Waals surface area contributed by atoms with Gasteiger partial charge in [0.15, 0.2) is 16.4 Å². The van der Waals surface area contributed by atoms with Gasteiger partial charge in [0.2, 0.25) is 17.5 Å². The summed E-state index contributed by atoms with van der Waals surface area (Å²) in [6.45, 7) is 3.80. The molecular formula is C21H19N7O3S2. The lowest BCUT2D eigenvalue weighted by Crippen LogP contribution is -2.50. The zero-order valence-electron chi connectivity index (χ0n) is 17.6. The van der Waals surface area contributed by atoms with Gasteiger partial charge in [-0.1, -0.05) is 6.07 Å². The number of hydrogen-bond donors (Lipinski definition) is 1. The van der Waals surface area contributed by atoms with Crippen molar-refractivity contribution >= 4 is 35.3 Å². The largest absolute Gasteiger partial charge is 0.459 e. The molecule has 1 unspecified atom stereocenters. The maximum atomic E-state index is 13.3. The summed E-state index contributed by atoms with van der Waals surface area (Å²) in [6.07, 6.45) is 1.52. The molecule has 1 saturated heterocycles. The molecule has 0 radical (unpaired) electrons. The van der Waals surface area contributed by atoms with Crippen molar-refractivity contribution in [3.63, 3.8) is 0 Å². The highest BCUT2D eigenvalue weighted by Crippen LogP contribution is 2.30. The Bertz CT molecular complexity index is 1350. The lowest BCUT2D eigenvalue weighted by Gasteiger charge is -2.35. The summed E-state index contributed by atoms with van der Waals surface area (Å²) in [5.41, 5.74) is 0.194. The SMILES string of the molecule is CC(C(=O)N1CCN(c2oc(-c3ccco3)nc2C#N)CC1)n1c(-c2cccs2)n[nH]c1=S. The van der Waals surface area contributed by atoms with Crippen LogP contribution < -0.4 is 4.90 Å². The van der Waals surface area contributed by atoms with E-state index < -0.39 is 6.04 Å². The minimum atomic E-state index is -0.509. The van der Waals surface area contributed by atoms with Crippen molar-refractivity contribution in [2.45, 2.75) is 13.0 Å². The first kappa shape index (κ1) is 21.2. The molecule has 0 bridgehead atoms. The Morgan fingerprint density at radius 3 is 2.79 bits per heavy atom. The molecule has 5 rings (SSSR count). The fourth-order valence-corrected chi connectivity index (χ4v) is 4.85. The average Bonchev–Trinajstić information content (AvgIpc) is 3.64.